The maximum absolute atomic E-state index is 11.3. The van der Waals surface area contributed by atoms with Crippen molar-refractivity contribution in [2.45, 2.75) is 38.1 Å². The van der Waals surface area contributed by atoms with Gasteiger partial charge in [0, 0.05) is 12.0 Å². The smallest absolute Gasteiger partial charge is 0.251 e. The molecule has 2 rings (SSSR count). The first-order chi connectivity index (χ1) is 6.47. The number of H-pyrrole nitrogens is 1. The molecule has 76 valence electrons. The van der Waals surface area contributed by atoms with Crippen molar-refractivity contribution in [3.63, 3.8) is 0 Å². The molecule has 14 heavy (non-hydrogen) atoms. The van der Waals surface area contributed by atoms with Crippen LogP contribution >= 0.6 is 0 Å². The van der Waals surface area contributed by atoms with Crippen LogP contribution in [0.25, 0.3) is 0 Å². The van der Waals surface area contributed by atoms with Gasteiger partial charge in [-0.2, -0.15) is 0 Å². The van der Waals surface area contributed by atoms with Crippen LogP contribution in [-0.2, 0) is 5.54 Å². The van der Waals surface area contributed by atoms with Gasteiger partial charge in [0.15, 0.2) is 0 Å². The van der Waals surface area contributed by atoms with Gasteiger partial charge in [-0.15, -0.1) is 0 Å². The highest BCUT2D eigenvalue weighted by Gasteiger charge is 2.28. The Balaban J connectivity index is 2.46. The molecule has 4 nitrogen and oxygen atoms in total. The highest BCUT2D eigenvalue weighted by molar-refractivity contribution is 5.15. The van der Waals surface area contributed by atoms with E-state index in [4.69, 9.17) is 5.73 Å². The third kappa shape index (κ3) is 1.85. The molecule has 0 spiro atoms. The minimum atomic E-state index is -0.544. The number of aromatic amines is 1. The second kappa shape index (κ2) is 2.92. The van der Waals surface area contributed by atoms with E-state index < -0.39 is 5.54 Å². The van der Waals surface area contributed by atoms with Gasteiger partial charge in [-0.3, -0.25) is 4.79 Å². The fourth-order valence-corrected chi connectivity index (χ4v) is 1.36. The van der Waals surface area contributed by atoms with E-state index in [0.717, 1.165) is 18.7 Å². The van der Waals surface area contributed by atoms with Gasteiger partial charge in [0.1, 0.15) is 5.82 Å². The molecule has 1 aromatic rings. The minimum Gasteiger partial charge on any atom is -0.321 e. The summed E-state index contributed by atoms with van der Waals surface area (Å²) in [7, 11) is 0. The molecule has 0 bridgehead atoms. The largest absolute Gasteiger partial charge is 0.321 e. The van der Waals surface area contributed by atoms with E-state index in [2.05, 4.69) is 9.97 Å². The van der Waals surface area contributed by atoms with Crippen molar-refractivity contribution in [2.24, 2.45) is 5.73 Å². The molecule has 1 aromatic heterocycles. The molecule has 1 fully saturated rings. The quantitative estimate of drug-likeness (QED) is 0.731. The van der Waals surface area contributed by atoms with E-state index in [0.29, 0.717) is 11.6 Å². The highest BCUT2D eigenvalue weighted by atomic mass is 16.1. The van der Waals surface area contributed by atoms with Gasteiger partial charge in [0.25, 0.3) is 5.56 Å². The van der Waals surface area contributed by atoms with E-state index in [-0.39, 0.29) is 5.56 Å². The summed E-state index contributed by atoms with van der Waals surface area (Å²) < 4.78 is 0. The molecule has 0 aromatic carbocycles. The first kappa shape index (κ1) is 9.40. The fourth-order valence-electron chi connectivity index (χ4n) is 1.36. The average molecular weight is 193 g/mol. The van der Waals surface area contributed by atoms with Gasteiger partial charge in [-0.25, -0.2) is 4.98 Å². The lowest BCUT2D eigenvalue weighted by Gasteiger charge is -2.17. The van der Waals surface area contributed by atoms with Crippen molar-refractivity contribution in [3.05, 3.63) is 27.9 Å². The molecule has 1 saturated carbocycles. The molecule has 0 aliphatic heterocycles. The van der Waals surface area contributed by atoms with Crippen LogP contribution in [0.1, 0.15) is 44.1 Å². The zero-order chi connectivity index (χ0) is 10.3. The molecule has 1 aliphatic rings. The molecule has 1 aliphatic carbocycles. The van der Waals surface area contributed by atoms with Crippen LogP contribution in [0.5, 0.6) is 0 Å². The Labute approximate surface area is 82.6 Å². The molecule has 0 unspecified atom stereocenters. The number of nitrogens with two attached hydrogens (primary N) is 1. The minimum absolute atomic E-state index is 0.101. The number of nitrogens with zero attached hydrogens (tertiary/aromatic N) is 1. The number of hydrogen-bond donors (Lipinski definition) is 2. The number of aromatic nitrogens is 2. The van der Waals surface area contributed by atoms with E-state index >= 15 is 0 Å². The summed E-state index contributed by atoms with van der Waals surface area (Å²) in [6, 6.07) is 1.48. The van der Waals surface area contributed by atoms with Crippen molar-refractivity contribution in [2.75, 3.05) is 0 Å². The maximum atomic E-state index is 11.3. The van der Waals surface area contributed by atoms with Crippen LogP contribution in [0.15, 0.2) is 10.9 Å². The van der Waals surface area contributed by atoms with Crippen molar-refractivity contribution in [3.8, 4) is 0 Å². The van der Waals surface area contributed by atoms with Crippen LogP contribution in [0.3, 0.4) is 0 Å². The second-order valence-electron chi connectivity index (χ2n) is 4.51. The Hall–Kier alpha value is -1.16. The fraction of sp³-hybridized carbons (Fsp3) is 0.600. The summed E-state index contributed by atoms with van der Waals surface area (Å²) in [6.45, 7) is 3.71. The summed E-state index contributed by atoms with van der Waals surface area (Å²) in [5.41, 5.74) is 5.92. The van der Waals surface area contributed by atoms with Gasteiger partial charge in [0.05, 0.1) is 11.2 Å². The predicted molar refractivity (Wildman–Crippen MR) is 54.0 cm³/mol. The molecule has 0 amide bonds. The predicted octanol–water partition coefficient (Wildman–Crippen LogP) is 0.841. The lowest BCUT2D eigenvalue weighted by Crippen LogP contribution is -2.32. The van der Waals surface area contributed by atoms with Gasteiger partial charge < -0.3 is 10.7 Å². The molecule has 0 radical (unpaired) electrons. The second-order valence-corrected chi connectivity index (χ2v) is 4.51. The summed E-state index contributed by atoms with van der Waals surface area (Å²) in [6.07, 6.45) is 2.24. The topological polar surface area (TPSA) is 71.8 Å². The standard InChI is InChI=1S/C10H15N3O/c1-10(2,11)7-5-8(14)13-9(12-7)6-3-4-6/h5-6H,3-4,11H2,1-2H3,(H,12,13,14). The van der Waals surface area contributed by atoms with Crippen molar-refractivity contribution < 1.29 is 0 Å². The average Bonchev–Trinajstić information content (AvgIpc) is 2.83. The summed E-state index contributed by atoms with van der Waals surface area (Å²) in [4.78, 5) is 18.5. The third-order valence-corrected chi connectivity index (χ3v) is 2.38. The van der Waals surface area contributed by atoms with E-state index in [1.165, 1.54) is 6.07 Å². The number of nitrogens with one attached hydrogen (secondary N) is 1. The molecule has 0 atom stereocenters. The van der Waals surface area contributed by atoms with Crippen LogP contribution in [0, 0.1) is 0 Å². The monoisotopic (exact) mass is 193 g/mol. The van der Waals surface area contributed by atoms with Crippen molar-refractivity contribution in [1.29, 1.82) is 0 Å². The molecule has 3 N–H and O–H groups in total. The zero-order valence-electron chi connectivity index (χ0n) is 8.50. The van der Waals surface area contributed by atoms with Gasteiger partial charge in [-0.1, -0.05) is 0 Å². The molecular weight excluding hydrogens is 178 g/mol. The Kier molecular flexibility index (Phi) is 1.96. The molecule has 0 saturated heterocycles. The molecule has 1 heterocycles. The van der Waals surface area contributed by atoms with Crippen molar-refractivity contribution >= 4 is 0 Å². The van der Waals surface area contributed by atoms with Crippen molar-refractivity contribution in [1.82, 2.24) is 9.97 Å². The molecule has 4 heteroatoms. The molecular formula is C10H15N3O. The summed E-state index contributed by atoms with van der Waals surface area (Å²) >= 11 is 0. The van der Waals surface area contributed by atoms with E-state index in [1.54, 1.807) is 0 Å². The Morgan fingerprint density at radius 1 is 1.57 bits per heavy atom. The first-order valence-electron chi connectivity index (χ1n) is 4.87. The normalized spacial score (nSPS) is 17.1. The van der Waals surface area contributed by atoms with Crippen LogP contribution in [0.2, 0.25) is 0 Å². The zero-order valence-corrected chi connectivity index (χ0v) is 8.50. The number of hydrogen-bond acceptors (Lipinski definition) is 3. The third-order valence-electron chi connectivity index (χ3n) is 2.38. The van der Waals surface area contributed by atoms with Crippen LogP contribution in [-0.4, -0.2) is 9.97 Å². The lowest BCUT2D eigenvalue weighted by molar-refractivity contribution is 0.528. The highest BCUT2D eigenvalue weighted by Crippen LogP contribution is 2.37. The first-order valence-corrected chi connectivity index (χ1v) is 4.87. The summed E-state index contributed by atoms with van der Waals surface area (Å²) in [5, 5.41) is 0. The Bertz CT molecular complexity index is 399. The van der Waals surface area contributed by atoms with E-state index in [9.17, 15) is 4.79 Å². The van der Waals surface area contributed by atoms with Gasteiger partial charge in [-0.05, 0) is 26.7 Å². The number of rotatable bonds is 2. The van der Waals surface area contributed by atoms with Gasteiger partial charge >= 0.3 is 0 Å². The Morgan fingerprint density at radius 2 is 2.21 bits per heavy atom. The SMILES string of the molecule is CC(C)(N)c1cc(=O)[nH]c(C2CC2)n1. The lowest BCUT2D eigenvalue weighted by atomic mass is 10.0. The maximum Gasteiger partial charge on any atom is 0.251 e. The summed E-state index contributed by atoms with van der Waals surface area (Å²) in [5.74, 6) is 1.25. The van der Waals surface area contributed by atoms with Crippen LogP contribution < -0.4 is 11.3 Å². The Morgan fingerprint density at radius 3 is 2.71 bits per heavy atom. The van der Waals surface area contributed by atoms with Crippen LogP contribution in [0.4, 0.5) is 0 Å². The van der Waals surface area contributed by atoms with Gasteiger partial charge in [0.2, 0.25) is 0 Å². The van der Waals surface area contributed by atoms with E-state index in [1.807, 2.05) is 13.8 Å².